The Morgan fingerprint density at radius 2 is 0.824 bits per heavy atom. The lowest BCUT2D eigenvalue weighted by Crippen LogP contribution is -2.45. The molecule has 0 rings (SSSR count). The van der Waals surface area contributed by atoms with E-state index in [-0.39, 0.29) is 19.1 Å². The van der Waals surface area contributed by atoms with Crippen LogP contribution in [0.15, 0.2) is 134 Å². The Bertz CT molecular complexity index is 1660. The zero-order chi connectivity index (χ0) is 54.2. The number of unbranched alkanes of at least 4 members (excludes halogenated alkanes) is 19. The lowest BCUT2D eigenvalue weighted by Gasteiger charge is -2.25. The lowest BCUT2D eigenvalue weighted by atomic mass is 10.1. The van der Waals surface area contributed by atoms with Crippen molar-refractivity contribution in [2.75, 3.05) is 40.9 Å². The van der Waals surface area contributed by atoms with E-state index in [1.54, 1.807) is 6.08 Å². The van der Waals surface area contributed by atoms with Crippen molar-refractivity contribution in [3.63, 3.8) is 0 Å². The number of aliphatic hydroxyl groups is 1. The van der Waals surface area contributed by atoms with Gasteiger partial charge in [0.15, 0.2) is 0 Å². The molecule has 0 saturated heterocycles. The second-order valence-electron chi connectivity index (χ2n) is 20.6. The van der Waals surface area contributed by atoms with E-state index in [4.69, 9.17) is 9.05 Å². The van der Waals surface area contributed by atoms with Crippen LogP contribution in [0.4, 0.5) is 0 Å². The Balaban J connectivity index is 4.18. The van der Waals surface area contributed by atoms with Crippen LogP contribution in [0.25, 0.3) is 0 Å². The first-order valence-electron chi connectivity index (χ1n) is 29.6. The molecule has 0 spiro atoms. The molecule has 0 aromatic carbocycles. The number of likely N-dealkylation sites (N-methyl/N-ethyl adjacent to an activating group) is 1. The van der Waals surface area contributed by atoms with Gasteiger partial charge in [-0.05, 0) is 103 Å². The number of amides is 1. The Morgan fingerprint density at radius 3 is 1.24 bits per heavy atom. The van der Waals surface area contributed by atoms with Crippen LogP contribution in [-0.2, 0) is 18.4 Å². The van der Waals surface area contributed by atoms with Gasteiger partial charge in [0.25, 0.3) is 0 Å². The van der Waals surface area contributed by atoms with Crippen molar-refractivity contribution in [1.82, 2.24) is 5.32 Å². The molecule has 0 aromatic rings. The van der Waals surface area contributed by atoms with E-state index < -0.39 is 20.0 Å². The molecule has 0 aliphatic rings. The highest BCUT2D eigenvalue weighted by Crippen LogP contribution is 2.43. The average Bonchev–Trinajstić information content (AvgIpc) is 3.36. The van der Waals surface area contributed by atoms with E-state index in [9.17, 15) is 19.4 Å². The van der Waals surface area contributed by atoms with E-state index in [1.165, 1.54) is 96.3 Å². The number of hydrogen-bond acceptors (Lipinski definition) is 5. The molecule has 3 unspecified atom stereocenters. The van der Waals surface area contributed by atoms with E-state index in [0.717, 1.165) is 103 Å². The fourth-order valence-corrected chi connectivity index (χ4v) is 8.49. The molecule has 8 nitrogen and oxygen atoms in total. The van der Waals surface area contributed by atoms with Gasteiger partial charge in [-0.15, -0.1) is 0 Å². The molecule has 74 heavy (non-hydrogen) atoms. The molecule has 0 radical (unpaired) electrons. The predicted molar refractivity (Wildman–Crippen MR) is 322 cm³/mol. The van der Waals surface area contributed by atoms with E-state index in [0.29, 0.717) is 17.4 Å². The number of aliphatic hydroxyl groups excluding tert-OH is 1. The molecule has 422 valence electrons. The first-order chi connectivity index (χ1) is 36.0. The minimum absolute atomic E-state index is 0.0484. The van der Waals surface area contributed by atoms with E-state index >= 15 is 0 Å². The van der Waals surface area contributed by atoms with Crippen LogP contribution in [0.3, 0.4) is 0 Å². The zero-order valence-corrected chi connectivity index (χ0v) is 48.9. The number of nitrogens with zero attached hydrogens (tertiary/aromatic N) is 1. The molecule has 0 aromatic heterocycles. The van der Waals surface area contributed by atoms with Gasteiger partial charge < -0.3 is 19.8 Å². The first-order valence-corrected chi connectivity index (χ1v) is 31.1. The van der Waals surface area contributed by atoms with Gasteiger partial charge >= 0.3 is 7.82 Å². The predicted octanol–water partition coefficient (Wildman–Crippen LogP) is 18.3. The number of nitrogens with one attached hydrogen (secondary N) is 1. The summed E-state index contributed by atoms with van der Waals surface area (Å²) in [5.74, 6) is -0.199. The van der Waals surface area contributed by atoms with Crippen LogP contribution in [0.5, 0.6) is 0 Å². The second kappa shape index (κ2) is 54.4. The van der Waals surface area contributed by atoms with E-state index in [2.05, 4.69) is 141 Å². The highest BCUT2D eigenvalue weighted by molar-refractivity contribution is 7.47. The number of rotatable bonds is 52. The third-order valence-electron chi connectivity index (χ3n) is 12.4. The maximum Gasteiger partial charge on any atom is 0.472 e. The maximum absolute atomic E-state index is 13.0. The summed E-state index contributed by atoms with van der Waals surface area (Å²) in [5, 5.41) is 13.9. The summed E-state index contributed by atoms with van der Waals surface area (Å²) in [4.78, 5) is 23.3. The summed E-state index contributed by atoms with van der Waals surface area (Å²) >= 11 is 0. The number of phosphoric acid groups is 1. The molecular weight excluding hydrogens is 936 g/mol. The highest BCUT2D eigenvalue weighted by atomic mass is 31.2. The Kier molecular flexibility index (Phi) is 52.0. The molecule has 0 bridgehead atoms. The average molecular weight is 1050 g/mol. The highest BCUT2D eigenvalue weighted by Gasteiger charge is 2.27. The van der Waals surface area contributed by atoms with Crippen molar-refractivity contribution in [2.24, 2.45) is 0 Å². The number of carbonyl (C=O) groups excluding carboxylic acids is 1. The second-order valence-corrected chi connectivity index (χ2v) is 22.1. The normalized spacial score (nSPS) is 14.9. The number of quaternary nitrogens is 1. The Hall–Kier alpha value is -3.36. The van der Waals surface area contributed by atoms with Crippen LogP contribution in [0.2, 0.25) is 0 Å². The van der Waals surface area contributed by atoms with E-state index in [1.807, 2.05) is 27.2 Å². The molecule has 3 atom stereocenters. The van der Waals surface area contributed by atoms with Gasteiger partial charge in [0.1, 0.15) is 13.2 Å². The topological polar surface area (TPSA) is 105 Å². The van der Waals surface area contributed by atoms with Crippen LogP contribution in [-0.4, -0.2) is 73.4 Å². The summed E-state index contributed by atoms with van der Waals surface area (Å²) < 4.78 is 23.7. The van der Waals surface area contributed by atoms with Crippen molar-refractivity contribution >= 4 is 13.7 Å². The summed E-state index contributed by atoms with van der Waals surface area (Å²) in [6, 6.07) is -0.876. The molecule has 3 N–H and O–H groups in total. The minimum Gasteiger partial charge on any atom is -0.387 e. The van der Waals surface area contributed by atoms with Crippen molar-refractivity contribution in [1.29, 1.82) is 0 Å². The minimum atomic E-state index is -4.36. The Morgan fingerprint density at radius 1 is 0.473 bits per heavy atom. The maximum atomic E-state index is 13.0. The summed E-state index contributed by atoms with van der Waals surface area (Å²) in [6.45, 7) is 4.65. The first kappa shape index (κ1) is 70.6. The Labute approximate surface area is 456 Å². The van der Waals surface area contributed by atoms with Crippen molar-refractivity contribution in [3.05, 3.63) is 134 Å². The molecule has 0 heterocycles. The van der Waals surface area contributed by atoms with Crippen LogP contribution in [0.1, 0.15) is 219 Å². The SMILES string of the molecule is CC/C=C\C/C=C\C/C=C\C/C=C\C/C=C\C/C=C\C/C=C\C/C=C\C/C=C\CCCCCCCCCCCC(=O)NC(COP(=O)(O)OCC[N+](C)(C)C)C(O)/C=C/CC/C=C/CCCCCCCCCCC. The monoisotopic (exact) mass is 1050 g/mol. The number of hydrogen-bond donors (Lipinski definition) is 3. The van der Waals surface area contributed by atoms with Crippen molar-refractivity contribution < 1.29 is 32.9 Å². The van der Waals surface area contributed by atoms with Gasteiger partial charge in [-0.1, -0.05) is 244 Å². The summed E-state index contributed by atoms with van der Waals surface area (Å²) in [6.07, 6.45) is 82.7. The third-order valence-corrected chi connectivity index (χ3v) is 13.3. The summed E-state index contributed by atoms with van der Waals surface area (Å²) in [5.41, 5.74) is 0. The molecular formula is C65H112N2O6P+. The van der Waals surface area contributed by atoms with Gasteiger partial charge in [-0.3, -0.25) is 13.8 Å². The standard InChI is InChI=1S/C65H111N2O6P/c1-6-8-10-12-14-16-18-20-22-23-24-25-26-27-28-29-30-31-32-33-34-35-36-37-38-39-40-41-42-43-45-47-49-51-53-55-57-59-65(69)66-63(62-73-74(70,71)72-61-60-67(3,4)5)64(68)58-56-54-52-50-48-46-44-21-19-17-15-13-11-9-7-2/h8,10,14,16,20,22,24-25,27-28,30-31,33-34,36-37,39-40,48,50,56,58,63-64,68H,6-7,9,11-13,15,17-19,21,23,26,29,32,35,38,41-47,49,51-55,57,59-62H2,1-5H3,(H-,66,69,70,71)/p+1/b10-8-,16-14-,22-20-,25-24-,28-27-,31-30-,34-33-,37-36-,40-39-,50-48+,58-56+. The fourth-order valence-electron chi connectivity index (χ4n) is 7.76. The van der Waals surface area contributed by atoms with Gasteiger partial charge in [-0.25, -0.2) is 4.57 Å². The van der Waals surface area contributed by atoms with Crippen LogP contribution >= 0.6 is 7.82 Å². The van der Waals surface area contributed by atoms with Gasteiger partial charge in [0.2, 0.25) is 5.91 Å². The summed E-state index contributed by atoms with van der Waals surface area (Å²) in [7, 11) is 1.53. The smallest absolute Gasteiger partial charge is 0.387 e. The number of carbonyl (C=O) groups is 1. The molecule has 9 heteroatoms. The fraction of sp³-hybridized carbons (Fsp3) is 0.646. The number of phosphoric ester groups is 1. The van der Waals surface area contributed by atoms with Crippen LogP contribution < -0.4 is 5.32 Å². The van der Waals surface area contributed by atoms with Crippen LogP contribution in [0, 0.1) is 0 Å². The largest absolute Gasteiger partial charge is 0.472 e. The molecule has 0 saturated carbocycles. The van der Waals surface area contributed by atoms with Gasteiger partial charge in [0.05, 0.1) is 39.9 Å². The van der Waals surface area contributed by atoms with Gasteiger partial charge in [-0.2, -0.15) is 0 Å². The number of allylic oxidation sites excluding steroid dienone is 21. The zero-order valence-electron chi connectivity index (χ0n) is 48.0. The molecule has 0 aliphatic heterocycles. The third kappa shape index (κ3) is 56.4. The quantitative estimate of drug-likeness (QED) is 0.0243. The molecule has 0 aliphatic carbocycles. The molecule has 1 amide bonds. The van der Waals surface area contributed by atoms with Crippen molar-refractivity contribution in [2.45, 2.75) is 231 Å². The lowest BCUT2D eigenvalue weighted by molar-refractivity contribution is -0.870. The van der Waals surface area contributed by atoms with Gasteiger partial charge in [0, 0.05) is 6.42 Å². The molecule has 0 fully saturated rings. The van der Waals surface area contributed by atoms with Crippen molar-refractivity contribution in [3.8, 4) is 0 Å².